The number of ether oxygens (including phenoxy) is 1. The highest BCUT2D eigenvalue weighted by Gasteiger charge is 2.28. The first-order valence-electron chi connectivity index (χ1n) is 12.5. The van der Waals surface area contributed by atoms with Crippen molar-refractivity contribution in [3.05, 3.63) is 89.1 Å². The summed E-state index contributed by atoms with van der Waals surface area (Å²) in [6.07, 6.45) is 4.27. The van der Waals surface area contributed by atoms with Gasteiger partial charge in [0.25, 0.3) is 17.2 Å². The van der Waals surface area contributed by atoms with E-state index in [1.807, 2.05) is 10.6 Å². The Morgan fingerprint density at radius 1 is 1.22 bits per heavy atom. The van der Waals surface area contributed by atoms with Gasteiger partial charge in [0.15, 0.2) is 5.82 Å². The van der Waals surface area contributed by atoms with Gasteiger partial charge >= 0.3 is 0 Å². The number of nitrogens with zero attached hydrogens (tertiary/aromatic N) is 5. The summed E-state index contributed by atoms with van der Waals surface area (Å²) in [6, 6.07) is 11.9. The lowest BCUT2D eigenvalue weighted by molar-refractivity contribution is 0.0957. The van der Waals surface area contributed by atoms with E-state index in [4.69, 9.17) is 4.74 Å². The maximum Gasteiger partial charge on any atom is 0.271 e. The van der Waals surface area contributed by atoms with Crippen molar-refractivity contribution in [2.75, 3.05) is 18.5 Å². The van der Waals surface area contributed by atoms with Crippen molar-refractivity contribution in [3.8, 4) is 23.1 Å². The molecule has 0 saturated carbocycles. The van der Waals surface area contributed by atoms with Crippen LogP contribution < -0.4 is 14.4 Å². The molecule has 1 aliphatic heterocycles. The average Bonchev–Trinajstić information content (AvgIpc) is 3.41. The van der Waals surface area contributed by atoms with Gasteiger partial charge in [-0.3, -0.25) is 9.35 Å². The summed E-state index contributed by atoms with van der Waals surface area (Å²) < 4.78 is 61.3. The van der Waals surface area contributed by atoms with Crippen LogP contribution in [0.1, 0.15) is 39.6 Å². The van der Waals surface area contributed by atoms with Gasteiger partial charge in [0.2, 0.25) is 5.88 Å². The predicted molar refractivity (Wildman–Crippen MR) is 147 cm³/mol. The second-order valence-corrected chi connectivity index (χ2v) is 10.1. The number of halogens is 2. The number of anilines is 2. The van der Waals surface area contributed by atoms with Crippen molar-refractivity contribution >= 4 is 28.5 Å². The van der Waals surface area contributed by atoms with E-state index in [0.29, 0.717) is 23.0 Å². The molecule has 0 aliphatic carbocycles. The molecule has 13 heteroatoms. The third kappa shape index (κ3) is 5.15. The molecule has 41 heavy (non-hydrogen) atoms. The number of imidazole rings is 1. The fourth-order valence-electron chi connectivity index (χ4n) is 5.03. The monoisotopic (exact) mass is 578 g/mol. The zero-order chi connectivity index (χ0) is 29.3. The SMILES string of the molecule is CNC(=O)c1ncn2c1CC[C@H](c1ccc(-c3c(F)ccc(N(c4cc(C#N)cnc4OC)S(=O)O)c3F)cc1)C2. The Hall–Kier alpha value is -4.67. The molecule has 2 aromatic carbocycles. The number of aromatic nitrogens is 3. The van der Waals surface area contributed by atoms with Crippen molar-refractivity contribution in [3.63, 3.8) is 0 Å². The van der Waals surface area contributed by atoms with Crippen LogP contribution in [0.2, 0.25) is 0 Å². The number of benzene rings is 2. The number of hydrogen-bond donors (Lipinski definition) is 2. The summed E-state index contributed by atoms with van der Waals surface area (Å²) in [6.45, 7) is 0.603. The summed E-state index contributed by atoms with van der Waals surface area (Å²) in [7, 11) is 2.83. The third-order valence-electron chi connectivity index (χ3n) is 7.03. The maximum atomic E-state index is 16.0. The van der Waals surface area contributed by atoms with E-state index in [2.05, 4.69) is 15.3 Å². The Kier molecular flexibility index (Phi) is 7.78. The first kappa shape index (κ1) is 27.9. The minimum absolute atomic E-state index is 0.0463. The maximum absolute atomic E-state index is 16.0. The number of hydrogen-bond acceptors (Lipinski definition) is 6. The fraction of sp³-hybridized carbons (Fsp3) is 0.214. The molecular formula is C28H24F2N6O4S. The average molecular weight is 579 g/mol. The molecule has 2 aromatic heterocycles. The van der Waals surface area contributed by atoms with Gasteiger partial charge in [-0.2, -0.15) is 5.26 Å². The van der Waals surface area contributed by atoms with Crippen LogP contribution >= 0.6 is 0 Å². The lowest BCUT2D eigenvalue weighted by Gasteiger charge is -2.25. The van der Waals surface area contributed by atoms with Crippen LogP contribution in [0.4, 0.5) is 20.2 Å². The molecule has 1 aliphatic rings. The van der Waals surface area contributed by atoms with Crippen LogP contribution in [-0.2, 0) is 24.2 Å². The molecule has 0 bridgehead atoms. The van der Waals surface area contributed by atoms with Gasteiger partial charge in [0.05, 0.1) is 35.9 Å². The fourth-order valence-corrected chi connectivity index (χ4v) is 5.64. The van der Waals surface area contributed by atoms with E-state index in [9.17, 15) is 18.8 Å². The van der Waals surface area contributed by atoms with Gasteiger partial charge < -0.3 is 14.6 Å². The first-order chi connectivity index (χ1) is 19.8. The van der Waals surface area contributed by atoms with Crippen molar-refractivity contribution in [1.82, 2.24) is 19.9 Å². The third-order valence-corrected chi connectivity index (χ3v) is 7.73. The highest BCUT2D eigenvalue weighted by atomic mass is 32.2. The van der Waals surface area contributed by atoms with Crippen LogP contribution in [0.3, 0.4) is 0 Å². The standard InChI is InChI=1S/C28H24F2N6O4S/c1-32-27(37)26-22-9-7-19(14-35(22)15-34-26)17-3-5-18(6-4-17)24-20(29)8-10-21(25(24)30)36(41(38)39)23-11-16(12-31)13-33-28(23)40-2/h3-6,8,10-11,13,15,19H,7,9,14H2,1-2H3,(H,32,37)(H,38,39)/t19-/m0/s1. The molecule has 210 valence electrons. The Morgan fingerprint density at radius 2 is 1.98 bits per heavy atom. The van der Waals surface area contributed by atoms with E-state index < -0.39 is 28.6 Å². The molecule has 0 fully saturated rings. The van der Waals surface area contributed by atoms with Gasteiger partial charge in [-0.25, -0.2) is 27.3 Å². The molecule has 2 N–H and O–H groups in total. The smallest absolute Gasteiger partial charge is 0.271 e. The minimum Gasteiger partial charge on any atom is -0.479 e. The first-order valence-corrected chi connectivity index (χ1v) is 13.5. The Bertz CT molecular complexity index is 1700. The summed E-state index contributed by atoms with van der Waals surface area (Å²) in [5, 5.41) is 11.9. The second-order valence-electron chi connectivity index (χ2n) is 9.27. The number of amides is 1. The van der Waals surface area contributed by atoms with Crippen LogP contribution in [0.25, 0.3) is 11.1 Å². The Morgan fingerprint density at radius 3 is 2.63 bits per heavy atom. The molecule has 0 radical (unpaired) electrons. The molecule has 10 nitrogen and oxygen atoms in total. The predicted octanol–water partition coefficient (Wildman–Crippen LogP) is 4.47. The zero-order valence-electron chi connectivity index (χ0n) is 22.0. The van der Waals surface area contributed by atoms with Crippen molar-refractivity contribution in [2.24, 2.45) is 0 Å². The number of rotatable bonds is 7. The summed E-state index contributed by atoms with van der Waals surface area (Å²) in [4.78, 5) is 20.3. The highest BCUT2D eigenvalue weighted by molar-refractivity contribution is 7.81. The number of nitrogens with one attached hydrogen (secondary N) is 1. The summed E-state index contributed by atoms with van der Waals surface area (Å²) >= 11 is -2.83. The molecule has 5 rings (SSSR count). The number of fused-ring (bicyclic) bond motifs is 1. The summed E-state index contributed by atoms with van der Waals surface area (Å²) in [5.74, 6) is -2.20. The minimum atomic E-state index is -2.83. The molecule has 0 saturated heterocycles. The number of pyridine rings is 1. The number of carbonyl (C=O) groups is 1. The van der Waals surface area contributed by atoms with Crippen molar-refractivity contribution in [1.29, 1.82) is 5.26 Å². The highest BCUT2D eigenvalue weighted by Crippen LogP contribution is 2.40. The molecule has 2 atom stereocenters. The summed E-state index contributed by atoms with van der Waals surface area (Å²) in [5.41, 5.74) is 1.57. The van der Waals surface area contributed by atoms with Crippen LogP contribution in [0, 0.1) is 23.0 Å². The van der Waals surface area contributed by atoms with Gasteiger partial charge in [0.1, 0.15) is 23.3 Å². The van der Waals surface area contributed by atoms with Gasteiger partial charge in [-0.05, 0) is 42.2 Å². The number of nitriles is 1. The quantitative estimate of drug-likeness (QED) is 0.309. The Balaban J connectivity index is 1.48. The van der Waals surface area contributed by atoms with Crippen LogP contribution in [0.5, 0.6) is 5.88 Å². The topological polar surface area (TPSA) is 133 Å². The molecule has 3 heterocycles. The number of methoxy groups -OCH3 is 1. The van der Waals surface area contributed by atoms with Gasteiger partial charge in [-0.15, -0.1) is 0 Å². The van der Waals surface area contributed by atoms with E-state index in [1.54, 1.807) is 37.6 Å². The van der Waals surface area contributed by atoms with Gasteiger partial charge in [-0.1, -0.05) is 24.3 Å². The van der Waals surface area contributed by atoms with E-state index in [1.165, 1.54) is 19.4 Å². The lowest BCUT2D eigenvalue weighted by atomic mass is 9.89. The van der Waals surface area contributed by atoms with E-state index in [0.717, 1.165) is 29.8 Å². The molecule has 1 unspecified atom stereocenters. The molecule has 0 spiro atoms. The van der Waals surface area contributed by atoms with Crippen LogP contribution in [0.15, 0.2) is 55.0 Å². The second kappa shape index (κ2) is 11.4. The molecule has 1 amide bonds. The van der Waals surface area contributed by atoms with E-state index in [-0.39, 0.29) is 40.1 Å². The number of carbonyl (C=O) groups excluding carboxylic acids is 1. The van der Waals surface area contributed by atoms with Crippen molar-refractivity contribution < 1.29 is 27.1 Å². The molecular weight excluding hydrogens is 554 g/mol. The lowest BCUT2D eigenvalue weighted by Crippen LogP contribution is -2.23. The van der Waals surface area contributed by atoms with Crippen molar-refractivity contribution in [2.45, 2.75) is 25.3 Å². The van der Waals surface area contributed by atoms with Crippen LogP contribution in [-0.4, -0.2) is 43.4 Å². The van der Waals surface area contributed by atoms with Gasteiger partial charge in [0, 0.05) is 25.7 Å². The normalized spacial score (nSPS) is 15.0. The zero-order valence-corrected chi connectivity index (χ0v) is 22.8. The van der Waals surface area contributed by atoms with E-state index >= 15 is 8.78 Å². The molecule has 4 aromatic rings. The largest absolute Gasteiger partial charge is 0.479 e. The Labute approximate surface area is 236 Å².